The summed E-state index contributed by atoms with van der Waals surface area (Å²) in [6.07, 6.45) is 6.35. The van der Waals surface area contributed by atoms with Crippen LogP contribution in [0.25, 0.3) is 0 Å². The lowest BCUT2D eigenvalue weighted by Gasteiger charge is -2.16. The minimum absolute atomic E-state index is 0.0144. The number of nitrogens with one attached hydrogen (secondary N) is 1. The molecular formula is C17H17NO. The van der Waals surface area contributed by atoms with E-state index in [0.717, 1.165) is 23.6 Å². The van der Waals surface area contributed by atoms with Crippen molar-refractivity contribution in [2.75, 3.05) is 5.32 Å². The Morgan fingerprint density at radius 2 is 1.79 bits per heavy atom. The first kappa shape index (κ1) is 13.0. The Balaban J connectivity index is 2.19. The van der Waals surface area contributed by atoms with Gasteiger partial charge in [0.25, 0.3) is 0 Å². The molecule has 96 valence electrons. The first-order chi connectivity index (χ1) is 9.33. The molecule has 0 saturated carbocycles. The van der Waals surface area contributed by atoms with Gasteiger partial charge in [0.05, 0.1) is 11.7 Å². The van der Waals surface area contributed by atoms with E-state index in [1.165, 1.54) is 0 Å². The van der Waals surface area contributed by atoms with Gasteiger partial charge in [0.1, 0.15) is 5.75 Å². The van der Waals surface area contributed by atoms with E-state index in [-0.39, 0.29) is 6.04 Å². The molecule has 0 fully saturated rings. The zero-order chi connectivity index (χ0) is 13.5. The van der Waals surface area contributed by atoms with E-state index < -0.39 is 0 Å². The highest BCUT2D eigenvalue weighted by atomic mass is 16.5. The second kappa shape index (κ2) is 6.51. The number of anilines is 1. The fourth-order valence-corrected chi connectivity index (χ4v) is 1.74. The van der Waals surface area contributed by atoms with Crippen LogP contribution in [0.3, 0.4) is 0 Å². The Labute approximate surface area is 114 Å². The summed E-state index contributed by atoms with van der Waals surface area (Å²) in [6.45, 7) is 2.05. The molecule has 0 aliphatic carbocycles. The standard InChI is InChI=1S/C17H17NO/c1-3-14(4-2)18-16-12-8-9-13-17(16)19-15-10-6-5-7-11-15/h1,5-14,18H,4H2,2H3. The van der Waals surface area contributed by atoms with Gasteiger partial charge in [-0.15, -0.1) is 6.42 Å². The average Bonchev–Trinajstić information content (AvgIpc) is 2.47. The summed E-state index contributed by atoms with van der Waals surface area (Å²) in [4.78, 5) is 0. The van der Waals surface area contributed by atoms with Crippen LogP contribution in [0.2, 0.25) is 0 Å². The summed E-state index contributed by atoms with van der Waals surface area (Å²) >= 11 is 0. The lowest BCUT2D eigenvalue weighted by Crippen LogP contribution is -2.16. The van der Waals surface area contributed by atoms with Crippen LogP contribution in [0, 0.1) is 12.3 Å². The Hall–Kier alpha value is -2.40. The largest absolute Gasteiger partial charge is 0.455 e. The molecule has 0 spiro atoms. The number of rotatable bonds is 5. The number of hydrogen-bond acceptors (Lipinski definition) is 2. The van der Waals surface area contributed by atoms with Crippen LogP contribution in [0.15, 0.2) is 54.6 Å². The smallest absolute Gasteiger partial charge is 0.150 e. The molecule has 2 heteroatoms. The van der Waals surface area contributed by atoms with Gasteiger partial charge in [-0.05, 0) is 30.7 Å². The molecule has 2 aromatic carbocycles. The van der Waals surface area contributed by atoms with Crippen LogP contribution in [0.4, 0.5) is 5.69 Å². The zero-order valence-corrected chi connectivity index (χ0v) is 11.0. The van der Waals surface area contributed by atoms with E-state index in [1.807, 2.05) is 54.6 Å². The number of para-hydroxylation sites is 3. The third kappa shape index (κ3) is 3.53. The number of benzene rings is 2. The van der Waals surface area contributed by atoms with Gasteiger partial charge in [-0.2, -0.15) is 0 Å². The highest BCUT2D eigenvalue weighted by Crippen LogP contribution is 2.29. The molecule has 0 radical (unpaired) electrons. The predicted molar refractivity (Wildman–Crippen MR) is 79.5 cm³/mol. The van der Waals surface area contributed by atoms with E-state index in [4.69, 9.17) is 11.2 Å². The molecule has 0 aliphatic heterocycles. The third-order valence-electron chi connectivity index (χ3n) is 2.80. The molecule has 2 aromatic rings. The molecule has 1 unspecified atom stereocenters. The molecule has 0 heterocycles. The molecule has 2 rings (SSSR count). The highest BCUT2D eigenvalue weighted by Gasteiger charge is 2.07. The molecule has 0 bridgehead atoms. The van der Waals surface area contributed by atoms with E-state index in [9.17, 15) is 0 Å². The normalized spacial score (nSPS) is 11.4. The van der Waals surface area contributed by atoms with Crippen LogP contribution in [0.1, 0.15) is 13.3 Å². The zero-order valence-electron chi connectivity index (χ0n) is 11.0. The maximum absolute atomic E-state index is 5.87. The van der Waals surface area contributed by atoms with E-state index in [0.29, 0.717) is 0 Å². The summed E-state index contributed by atoms with van der Waals surface area (Å²) in [7, 11) is 0. The number of terminal acetylenes is 1. The van der Waals surface area contributed by atoms with Gasteiger partial charge in [-0.1, -0.05) is 43.2 Å². The molecule has 19 heavy (non-hydrogen) atoms. The lowest BCUT2D eigenvalue weighted by atomic mass is 10.2. The number of hydrogen-bond donors (Lipinski definition) is 1. The minimum atomic E-state index is 0.0144. The van der Waals surface area contributed by atoms with Gasteiger partial charge < -0.3 is 10.1 Å². The first-order valence-electron chi connectivity index (χ1n) is 6.38. The summed E-state index contributed by atoms with van der Waals surface area (Å²) in [6, 6.07) is 17.5. The molecule has 1 atom stereocenters. The van der Waals surface area contributed by atoms with E-state index >= 15 is 0 Å². The van der Waals surface area contributed by atoms with Crippen LogP contribution in [-0.2, 0) is 0 Å². The lowest BCUT2D eigenvalue weighted by molar-refractivity contribution is 0.484. The molecule has 0 aromatic heterocycles. The summed E-state index contributed by atoms with van der Waals surface area (Å²) in [5, 5.41) is 3.31. The summed E-state index contributed by atoms with van der Waals surface area (Å²) in [5.74, 6) is 4.32. The predicted octanol–water partition coefficient (Wildman–Crippen LogP) is 4.30. The van der Waals surface area contributed by atoms with E-state index in [2.05, 4.69) is 18.2 Å². The summed E-state index contributed by atoms with van der Waals surface area (Å²) in [5.41, 5.74) is 0.913. The Morgan fingerprint density at radius 3 is 2.47 bits per heavy atom. The third-order valence-corrected chi connectivity index (χ3v) is 2.80. The second-order valence-corrected chi connectivity index (χ2v) is 4.18. The molecule has 0 saturated heterocycles. The van der Waals surface area contributed by atoms with Crippen LogP contribution in [-0.4, -0.2) is 6.04 Å². The SMILES string of the molecule is C#CC(CC)Nc1ccccc1Oc1ccccc1. The van der Waals surface area contributed by atoms with Gasteiger partial charge in [0, 0.05) is 0 Å². The Kier molecular flexibility index (Phi) is 4.47. The van der Waals surface area contributed by atoms with Crippen molar-refractivity contribution < 1.29 is 4.74 Å². The van der Waals surface area contributed by atoms with Gasteiger partial charge in [0.2, 0.25) is 0 Å². The van der Waals surface area contributed by atoms with Crippen molar-refractivity contribution in [1.29, 1.82) is 0 Å². The quantitative estimate of drug-likeness (QED) is 0.800. The average molecular weight is 251 g/mol. The molecule has 2 nitrogen and oxygen atoms in total. The first-order valence-corrected chi connectivity index (χ1v) is 6.38. The van der Waals surface area contributed by atoms with Gasteiger partial charge in [-0.25, -0.2) is 0 Å². The second-order valence-electron chi connectivity index (χ2n) is 4.18. The minimum Gasteiger partial charge on any atom is -0.455 e. The number of ether oxygens (including phenoxy) is 1. The van der Waals surface area contributed by atoms with Gasteiger partial charge in [-0.3, -0.25) is 0 Å². The fourth-order valence-electron chi connectivity index (χ4n) is 1.74. The van der Waals surface area contributed by atoms with Crippen molar-refractivity contribution in [3.05, 3.63) is 54.6 Å². The molecular weight excluding hydrogens is 234 g/mol. The van der Waals surface area contributed by atoms with Crippen molar-refractivity contribution >= 4 is 5.69 Å². The highest BCUT2D eigenvalue weighted by molar-refractivity contribution is 5.58. The van der Waals surface area contributed by atoms with Crippen molar-refractivity contribution in [2.24, 2.45) is 0 Å². The summed E-state index contributed by atoms with van der Waals surface area (Å²) < 4.78 is 5.87. The van der Waals surface area contributed by atoms with Gasteiger partial charge in [0.15, 0.2) is 5.75 Å². The maximum Gasteiger partial charge on any atom is 0.150 e. The molecule has 1 N–H and O–H groups in total. The maximum atomic E-state index is 5.87. The van der Waals surface area contributed by atoms with Crippen LogP contribution in [0.5, 0.6) is 11.5 Å². The van der Waals surface area contributed by atoms with Crippen molar-refractivity contribution in [1.82, 2.24) is 0 Å². The van der Waals surface area contributed by atoms with Crippen LogP contribution >= 0.6 is 0 Å². The molecule has 0 amide bonds. The topological polar surface area (TPSA) is 21.3 Å². The van der Waals surface area contributed by atoms with Crippen LogP contribution < -0.4 is 10.1 Å². The Morgan fingerprint density at radius 1 is 1.11 bits per heavy atom. The molecule has 0 aliphatic rings. The Bertz CT molecular complexity index is 557. The van der Waals surface area contributed by atoms with E-state index in [1.54, 1.807) is 0 Å². The monoisotopic (exact) mass is 251 g/mol. The van der Waals surface area contributed by atoms with Crippen molar-refractivity contribution in [3.8, 4) is 23.8 Å². The fraction of sp³-hybridized carbons (Fsp3) is 0.176. The van der Waals surface area contributed by atoms with Crippen molar-refractivity contribution in [2.45, 2.75) is 19.4 Å². The van der Waals surface area contributed by atoms with Gasteiger partial charge >= 0.3 is 0 Å². The van der Waals surface area contributed by atoms with Crippen molar-refractivity contribution in [3.63, 3.8) is 0 Å².